The predicted molar refractivity (Wildman–Crippen MR) is 93.7 cm³/mol. The first-order valence-electron chi connectivity index (χ1n) is 7.59. The van der Waals surface area contributed by atoms with Gasteiger partial charge in [0, 0.05) is 12.3 Å². The molecule has 1 aliphatic heterocycles. The molecule has 1 atom stereocenters. The number of ether oxygens (including phenoxy) is 1. The lowest BCUT2D eigenvalue weighted by Crippen LogP contribution is -2.19. The fraction of sp³-hybridized carbons (Fsp3) is 0.412. The predicted octanol–water partition coefficient (Wildman–Crippen LogP) is 3.79. The van der Waals surface area contributed by atoms with E-state index in [0.29, 0.717) is 0 Å². The van der Waals surface area contributed by atoms with Crippen molar-refractivity contribution in [2.75, 3.05) is 20.2 Å². The van der Waals surface area contributed by atoms with Gasteiger partial charge in [-0.3, -0.25) is 4.90 Å². The Morgan fingerprint density at radius 2 is 2.26 bits per heavy atom. The minimum absolute atomic E-state index is 0.193. The minimum Gasteiger partial charge on any atom is -0.497 e. The molecule has 0 spiro atoms. The molecule has 1 fully saturated rings. The molecule has 1 aromatic carbocycles. The maximum absolute atomic E-state index is 8.96. The molecule has 2 heterocycles. The topological polar surface area (TPSA) is 49.1 Å². The highest BCUT2D eigenvalue weighted by atomic mass is 32.2. The zero-order chi connectivity index (χ0) is 16.1. The van der Waals surface area contributed by atoms with Crippen molar-refractivity contribution >= 4 is 23.1 Å². The average molecular weight is 345 g/mol. The van der Waals surface area contributed by atoms with Crippen LogP contribution in [0.5, 0.6) is 5.75 Å². The number of hydrogen-bond donors (Lipinski definition) is 0. The molecule has 1 unspecified atom stereocenters. The minimum atomic E-state index is 0.193. The number of thioether (sulfide) groups is 1. The molecule has 0 aliphatic carbocycles. The number of benzene rings is 1. The first-order valence-corrected chi connectivity index (χ1v) is 9.39. The Hall–Kier alpha value is -1.55. The Kier molecular flexibility index (Phi) is 5.55. The van der Waals surface area contributed by atoms with E-state index in [0.717, 1.165) is 42.6 Å². The number of likely N-dealkylation sites (tertiary alicyclic amines) is 1. The zero-order valence-corrected chi connectivity index (χ0v) is 14.7. The van der Waals surface area contributed by atoms with E-state index in [1.807, 2.05) is 30.1 Å². The monoisotopic (exact) mass is 345 g/mol. The van der Waals surface area contributed by atoms with Gasteiger partial charge in [0.25, 0.3) is 0 Å². The van der Waals surface area contributed by atoms with Crippen LogP contribution in [-0.4, -0.2) is 30.1 Å². The summed E-state index contributed by atoms with van der Waals surface area (Å²) in [6.07, 6.45) is 2.95. The largest absolute Gasteiger partial charge is 0.497 e. The van der Waals surface area contributed by atoms with Gasteiger partial charge in [0.2, 0.25) is 0 Å². The highest BCUT2D eigenvalue weighted by molar-refractivity contribution is 8.00. The van der Waals surface area contributed by atoms with Crippen molar-refractivity contribution in [1.29, 1.82) is 5.26 Å². The maximum Gasteiger partial charge on any atom is 0.118 e. The van der Waals surface area contributed by atoms with Crippen LogP contribution in [-0.2, 0) is 12.3 Å². The van der Waals surface area contributed by atoms with Gasteiger partial charge in [0.05, 0.1) is 36.0 Å². The van der Waals surface area contributed by atoms with E-state index in [1.54, 1.807) is 18.4 Å². The molecule has 4 nitrogen and oxygen atoms in total. The van der Waals surface area contributed by atoms with Crippen LogP contribution in [0.25, 0.3) is 0 Å². The number of hydrogen-bond acceptors (Lipinski definition) is 6. The summed E-state index contributed by atoms with van der Waals surface area (Å²) in [5.41, 5.74) is 1.28. The van der Waals surface area contributed by atoms with Crippen molar-refractivity contribution in [1.82, 2.24) is 9.88 Å². The Balaban J connectivity index is 1.50. The lowest BCUT2D eigenvalue weighted by atomic mass is 10.1. The van der Waals surface area contributed by atoms with Crippen molar-refractivity contribution in [2.24, 2.45) is 5.92 Å². The summed E-state index contributed by atoms with van der Waals surface area (Å²) < 4.78 is 6.42. The van der Waals surface area contributed by atoms with Gasteiger partial charge in [-0.1, -0.05) is 12.1 Å². The van der Waals surface area contributed by atoms with Crippen molar-refractivity contribution in [3.63, 3.8) is 0 Å². The molecule has 120 valence electrons. The fourth-order valence-electron chi connectivity index (χ4n) is 2.58. The number of nitriles is 1. The summed E-state index contributed by atoms with van der Waals surface area (Å²) in [6, 6.07) is 10.5. The van der Waals surface area contributed by atoms with Crippen LogP contribution in [0.1, 0.15) is 17.0 Å². The number of thiazole rings is 1. The summed E-state index contributed by atoms with van der Waals surface area (Å²) in [5.74, 6) is 2.02. The molecule has 0 N–H and O–H groups in total. The second kappa shape index (κ2) is 7.82. The van der Waals surface area contributed by atoms with Crippen molar-refractivity contribution in [3.05, 3.63) is 41.0 Å². The van der Waals surface area contributed by atoms with Crippen molar-refractivity contribution in [3.8, 4) is 11.8 Å². The number of nitrogens with zero attached hydrogens (tertiary/aromatic N) is 3. The quantitative estimate of drug-likeness (QED) is 0.746. The standard InChI is InChI=1S/C17H19N3OS2/c1-21-15-4-2-13(3-5-15)12-22-17-9-19-16(23-17)11-20-7-6-14(8-18)10-20/h2-5,9,14H,6-7,10-12H2,1H3. The lowest BCUT2D eigenvalue weighted by Gasteiger charge is -2.11. The van der Waals surface area contributed by atoms with E-state index in [2.05, 4.69) is 28.1 Å². The fourth-order valence-corrected chi connectivity index (χ4v) is 4.60. The lowest BCUT2D eigenvalue weighted by molar-refractivity contribution is 0.324. The Morgan fingerprint density at radius 3 is 2.96 bits per heavy atom. The van der Waals surface area contributed by atoms with Crippen LogP contribution >= 0.6 is 23.1 Å². The molecule has 1 saturated heterocycles. The summed E-state index contributed by atoms with van der Waals surface area (Å²) in [4.78, 5) is 6.85. The van der Waals surface area contributed by atoms with E-state index in [9.17, 15) is 0 Å². The Labute approximate surface area is 145 Å². The molecule has 0 amide bonds. The molecule has 1 aliphatic rings. The summed E-state index contributed by atoms with van der Waals surface area (Å²) in [6.45, 7) is 2.75. The van der Waals surface area contributed by atoms with Crippen LogP contribution < -0.4 is 4.74 Å². The van der Waals surface area contributed by atoms with E-state index in [-0.39, 0.29) is 5.92 Å². The van der Waals surface area contributed by atoms with Gasteiger partial charge in [-0.25, -0.2) is 4.98 Å². The highest BCUT2D eigenvalue weighted by Crippen LogP contribution is 2.30. The summed E-state index contributed by atoms with van der Waals surface area (Å²) in [7, 11) is 1.68. The van der Waals surface area contributed by atoms with E-state index in [1.165, 1.54) is 9.77 Å². The molecular formula is C17H19N3OS2. The van der Waals surface area contributed by atoms with Crippen LogP contribution in [0.4, 0.5) is 0 Å². The van der Waals surface area contributed by atoms with E-state index in [4.69, 9.17) is 10.00 Å². The molecule has 2 aromatic rings. The van der Waals surface area contributed by atoms with E-state index < -0.39 is 0 Å². The summed E-state index contributed by atoms with van der Waals surface area (Å²) in [5, 5.41) is 10.1. The second-order valence-electron chi connectivity index (χ2n) is 5.56. The normalized spacial score (nSPS) is 18.0. The molecule has 1 aromatic heterocycles. The SMILES string of the molecule is COc1ccc(CSc2cnc(CN3CCC(C#N)C3)s2)cc1. The van der Waals surface area contributed by atoms with E-state index >= 15 is 0 Å². The number of aromatic nitrogens is 1. The molecular weight excluding hydrogens is 326 g/mol. The van der Waals surface area contributed by atoms with Crippen LogP contribution in [0.2, 0.25) is 0 Å². The van der Waals surface area contributed by atoms with Gasteiger partial charge >= 0.3 is 0 Å². The molecule has 6 heteroatoms. The molecule has 23 heavy (non-hydrogen) atoms. The van der Waals surface area contributed by atoms with Gasteiger partial charge in [-0.2, -0.15) is 5.26 Å². The van der Waals surface area contributed by atoms with Crippen LogP contribution in [0.15, 0.2) is 34.7 Å². The maximum atomic E-state index is 8.96. The second-order valence-corrected chi connectivity index (χ2v) is 7.95. The Morgan fingerprint density at radius 1 is 1.43 bits per heavy atom. The third-order valence-corrected chi connectivity index (χ3v) is 6.13. The van der Waals surface area contributed by atoms with Crippen LogP contribution in [0, 0.1) is 17.2 Å². The van der Waals surface area contributed by atoms with Gasteiger partial charge in [-0.05, 0) is 30.7 Å². The first kappa shape index (κ1) is 16.3. The number of rotatable bonds is 6. The molecule has 0 radical (unpaired) electrons. The first-order chi connectivity index (χ1) is 11.3. The highest BCUT2D eigenvalue weighted by Gasteiger charge is 2.22. The smallest absolute Gasteiger partial charge is 0.118 e. The number of methoxy groups -OCH3 is 1. The van der Waals surface area contributed by atoms with Gasteiger partial charge in [0.15, 0.2) is 0 Å². The third-order valence-electron chi connectivity index (χ3n) is 3.89. The van der Waals surface area contributed by atoms with Crippen molar-refractivity contribution < 1.29 is 4.74 Å². The van der Waals surface area contributed by atoms with Gasteiger partial charge in [0.1, 0.15) is 10.8 Å². The molecule has 3 rings (SSSR count). The Bertz CT molecular complexity index is 678. The zero-order valence-electron chi connectivity index (χ0n) is 13.1. The van der Waals surface area contributed by atoms with Gasteiger partial charge < -0.3 is 4.74 Å². The molecule has 0 saturated carbocycles. The molecule has 0 bridgehead atoms. The van der Waals surface area contributed by atoms with Gasteiger partial charge in [-0.15, -0.1) is 23.1 Å². The summed E-state index contributed by atoms with van der Waals surface area (Å²) >= 11 is 3.57. The average Bonchev–Trinajstić information content (AvgIpc) is 3.23. The third kappa shape index (κ3) is 4.47. The van der Waals surface area contributed by atoms with Crippen molar-refractivity contribution in [2.45, 2.75) is 22.9 Å². The van der Waals surface area contributed by atoms with Crippen LogP contribution in [0.3, 0.4) is 0 Å².